The van der Waals surface area contributed by atoms with Crippen LogP contribution in [0.15, 0.2) is 30.3 Å². The molecule has 0 spiro atoms. The summed E-state index contributed by atoms with van der Waals surface area (Å²) in [5.41, 5.74) is 1.26. The van der Waals surface area contributed by atoms with Crippen LogP contribution in [0.25, 0.3) is 0 Å². The summed E-state index contributed by atoms with van der Waals surface area (Å²) in [6.45, 7) is 8.44. The van der Waals surface area contributed by atoms with Gasteiger partial charge in [0.25, 0.3) is 0 Å². The molecule has 1 aliphatic carbocycles. The van der Waals surface area contributed by atoms with Crippen LogP contribution in [-0.2, 0) is 9.53 Å². The van der Waals surface area contributed by atoms with Crippen LogP contribution in [0.5, 0.6) is 0 Å². The van der Waals surface area contributed by atoms with Gasteiger partial charge in [0.2, 0.25) is 0 Å². The third kappa shape index (κ3) is 3.37. The summed E-state index contributed by atoms with van der Waals surface area (Å²) in [5, 5.41) is 0. The minimum absolute atomic E-state index is 0.0127. The number of carbonyl (C=O) groups excluding carboxylic acids is 1. The topological polar surface area (TPSA) is 26.3 Å². The Morgan fingerprint density at radius 3 is 2.21 bits per heavy atom. The van der Waals surface area contributed by atoms with Crippen LogP contribution in [0.2, 0.25) is 0 Å². The maximum absolute atomic E-state index is 12.2. The zero-order valence-corrected chi connectivity index (χ0v) is 12.3. The molecule has 0 bridgehead atoms. The van der Waals surface area contributed by atoms with Crippen molar-refractivity contribution in [1.29, 1.82) is 0 Å². The first-order valence-corrected chi connectivity index (χ1v) is 7.26. The van der Waals surface area contributed by atoms with E-state index in [1.54, 1.807) is 0 Å². The van der Waals surface area contributed by atoms with Crippen molar-refractivity contribution in [2.45, 2.75) is 46.1 Å². The van der Waals surface area contributed by atoms with E-state index in [4.69, 9.17) is 4.74 Å². The van der Waals surface area contributed by atoms with Crippen molar-refractivity contribution < 1.29 is 9.53 Å². The smallest absolute Gasteiger partial charge is 0.309 e. The van der Waals surface area contributed by atoms with Gasteiger partial charge in [0.1, 0.15) is 6.10 Å². The lowest BCUT2D eigenvalue weighted by molar-refractivity contribution is -0.155. The van der Waals surface area contributed by atoms with Gasteiger partial charge >= 0.3 is 5.97 Å². The van der Waals surface area contributed by atoms with Crippen LogP contribution < -0.4 is 0 Å². The minimum atomic E-state index is -0.0127. The molecule has 19 heavy (non-hydrogen) atoms. The molecule has 0 saturated heterocycles. The van der Waals surface area contributed by atoms with E-state index >= 15 is 0 Å². The second-order valence-electron chi connectivity index (χ2n) is 6.25. The van der Waals surface area contributed by atoms with Crippen LogP contribution in [0.4, 0.5) is 0 Å². The number of hydrogen-bond donors (Lipinski definition) is 0. The Morgan fingerprint density at radius 1 is 1.11 bits per heavy atom. The van der Waals surface area contributed by atoms with Crippen molar-refractivity contribution >= 4 is 5.97 Å². The molecule has 2 heteroatoms. The van der Waals surface area contributed by atoms with E-state index in [1.165, 1.54) is 5.56 Å². The molecule has 0 unspecified atom stereocenters. The van der Waals surface area contributed by atoms with E-state index in [1.807, 2.05) is 18.2 Å². The van der Waals surface area contributed by atoms with Crippen LogP contribution >= 0.6 is 0 Å². The molecule has 0 heterocycles. The highest BCUT2D eigenvalue weighted by Gasteiger charge is 2.46. The fourth-order valence-corrected chi connectivity index (χ4v) is 2.79. The largest absolute Gasteiger partial charge is 0.462 e. The Hall–Kier alpha value is -1.31. The van der Waals surface area contributed by atoms with E-state index in [9.17, 15) is 4.79 Å². The number of esters is 1. The standard InChI is InChI=1S/C17H24O2/c1-11(2)16(12(3)4)19-17(18)15-10-14(15)13-8-6-5-7-9-13/h5-9,11-12,14-16H,10H2,1-4H3/t14-,15+/m0/s1. The number of carbonyl (C=O) groups is 1. The van der Waals surface area contributed by atoms with Gasteiger partial charge in [-0.1, -0.05) is 58.0 Å². The highest BCUT2D eigenvalue weighted by atomic mass is 16.5. The van der Waals surface area contributed by atoms with Gasteiger partial charge in [-0.25, -0.2) is 0 Å². The van der Waals surface area contributed by atoms with Crippen molar-refractivity contribution in [2.24, 2.45) is 17.8 Å². The van der Waals surface area contributed by atoms with Crippen molar-refractivity contribution in [3.8, 4) is 0 Å². The molecule has 0 aromatic heterocycles. The Morgan fingerprint density at radius 2 is 1.68 bits per heavy atom. The molecular weight excluding hydrogens is 236 g/mol. The summed E-state index contributed by atoms with van der Waals surface area (Å²) < 4.78 is 5.71. The summed E-state index contributed by atoms with van der Waals surface area (Å²) in [5.74, 6) is 1.17. The SMILES string of the molecule is CC(C)C(OC(=O)[C@@H]1C[C@H]1c1ccccc1)C(C)C. The van der Waals surface area contributed by atoms with Gasteiger partial charge in [0.15, 0.2) is 0 Å². The van der Waals surface area contributed by atoms with Gasteiger partial charge in [-0.3, -0.25) is 4.79 Å². The normalized spacial score (nSPS) is 22.1. The molecule has 0 aliphatic heterocycles. The van der Waals surface area contributed by atoms with E-state index in [2.05, 4.69) is 39.8 Å². The lowest BCUT2D eigenvalue weighted by Gasteiger charge is -2.25. The Bertz CT molecular complexity index is 414. The first kappa shape index (κ1) is 14.1. The van der Waals surface area contributed by atoms with Gasteiger partial charge < -0.3 is 4.74 Å². The Kier molecular flexibility index (Phi) is 4.28. The molecule has 2 nitrogen and oxygen atoms in total. The Balaban J connectivity index is 1.93. The molecule has 1 aliphatic rings. The van der Waals surface area contributed by atoms with Crippen LogP contribution in [-0.4, -0.2) is 12.1 Å². The molecule has 104 valence electrons. The third-order valence-electron chi connectivity index (χ3n) is 3.89. The molecular formula is C17H24O2. The fraction of sp³-hybridized carbons (Fsp3) is 0.588. The lowest BCUT2D eigenvalue weighted by Crippen LogP contribution is -2.29. The quantitative estimate of drug-likeness (QED) is 0.748. The minimum Gasteiger partial charge on any atom is -0.462 e. The van der Waals surface area contributed by atoms with E-state index < -0.39 is 0 Å². The molecule has 1 saturated carbocycles. The second kappa shape index (κ2) is 5.77. The van der Waals surface area contributed by atoms with Gasteiger partial charge in [-0.05, 0) is 29.7 Å². The summed E-state index contributed by atoms with van der Waals surface area (Å²) in [6, 6.07) is 10.3. The van der Waals surface area contributed by atoms with E-state index in [0.717, 1.165) is 6.42 Å². The highest BCUT2D eigenvalue weighted by molar-refractivity contribution is 5.77. The summed E-state index contributed by atoms with van der Waals surface area (Å²) in [7, 11) is 0. The van der Waals surface area contributed by atoms with E-state index in [-0.39, 0.29) is 18.0 Å². The molecule has 1 fully saturated rings. The molecule has 0 N–H and O–H groups in total. The van der Waals surface area contributed by atoms with Crippen molar-refractivity contribution in [2.75, 3.05) is 0 Å². The van der Waals surface area contributed by atoms with Gasteiger partial charge in [-0.15, -0.1) is 0 Å². The van der Waals surface area contributed by atoms with Crippen molar-refractivity contribution in [3.05, 3.63) is 35.9 Å². The molecule has 1 aromatic carbocycles. The highest BCUT2D eigenvalue weighted by Crippen LogP contribution is 2.48. The predicted octanol–water partition coefficient (Wildman–Crippen LogP) is 4.01. The first-order chi connectivity index (χ1) is 9.00. The maximum Gasteiger partial charge on any atom is 0.309 e. The molecule has 0 radical (unpaired) electrons. The van der Waals surface area contributed by atoms with Crippen LogP contribution in [0, 0.1) is 17.8 Å². The van der Waals surface area contributed by atoms with E-state index in [0.29, 0.717) is 17.8 Å². The molecule has 2 atom stereocenters. The number of hydrogen-bond acceptors (Lipinski definition) is 2. The molecule has 1 aromatic rings. The third-order valence-corrected chi connectivity index (χ3v) is 3.89. The summed E-state index contributed by atoms with van der Waals surface area (Å²) in [4.78, 5) is 12.2. The average molecular weight is 260 g/mol. The monoisotopic (exact) mass is 260 g/mol. The van der Waals surface area contributed by atoms with Crippen molar-refractivity contribution in [3.63, 3.8) is 0 Å². The average Bonchev–Trinajstić information content (AvgIpc) is 3.16. The van der Waals surface area contributed by atoms with Gasteiger partial charge in [0, 0.05) is 0 Å². The number of ether oxygens (including phenoxy) is 1. The number of benzene rings is 1. The summed E-state index contributed by atoms with van der Waals surface area (Å²) >= 11 is 0. The van der Waals surface area contributed by atoms with Crippen LogP contribution in [0.3, 0.4) is 0 Å². The maximum atomic E-state index is 12.2. The number of rotatable bonds is 5. The zero-order valence-electron chi connectivity index (χ0n) is 12.3. The summed E-state index contributed by atoms with van der Waals surface area (Å²) in [6.07, 6.45) is 0.968. The van der Waals surface area contributed by atoms with Crippen molar-refractivity contribution in [1.82, 2.24) is 0 Å². The molecule has 0 amide bonds. The zero-order chi connectivity index (χ0) is 14.0. The van der Waals surface area contributed by atoms with Gasteiger partial charge in [0.05, 0.1) is 5.92 Å². The van der Waals surface area contributed by atoms with Crippen LogP contribution in [0.1, 0.15) is 45.6 Å². The van der Waals surface area contributed by atoms with Gasteiger partial charge in [-0.2, -0.15) is 0 Å². The predicted molar refractivity (Wildman–Crippen MR) is 76.8 cm³/mol. The lowest BCUT2D eigenvalue weighted by atomic mass is 9.96. The second-order valence-corrected chi connectivity index (χ2v) is 6.25. The molecule has 2 rings (SSSR count). The Labute approximate surface area is 116 Å². The first-order valence-electron chi connectivity index (χ1n) is 7.26. The fourth-order valence-electron chi connectivity index (χ4n) is 2.79.